The van der Waals surface area contributed by atoms with Gasteiger partial charge in [-0.2, -0.15) is 0 Å². The van der Waals surface area contributed by atoms with Crippen LogP contribution in [0.3, 0.4) is 0 Å². The molecule has 0 saturated heterocycles. The number of benzene rings is 1. The highest BCUT2D eigenvalue weighted by Crippen LogP contribution is 2.38. The first kappa shape index (κ1) is 13.7. The summed E-state index contributed by atoms with van der Waals surface area (Å²) in [6, 6.07) is 5.14. The Balaban J connectivity index is 1.94. The molecule has 1 aromatic carbocycles. The van der Waals surface area contributed by atoms with E-state index in [9.17, 15) is 9.59 Å². The van der Waals surface area contributed by atoms with Gasteiger partial charge in [0.1, 0.15) is 5.75 Å². The number of amides is 1. The largest absolute Gasteiger partial charge is 0.496 e. The van der Waals surface area contributed by atoms with E-state index in [2.05, 4.69) is 5.32 Å². The van der Waals surface area contributed by atoms with Crippen LogP contribution in [0, 0.1) is 11.8 Å². The van der Waals surface area contributed by atoms with Gasteiger partial charge in [-0.3, -0.25) is 9.59 Å². The van der Waals surface area contributed by atoms with E-state index in [4.69, 9.17) is 21.4 Å². The van der Waals surface area contributed by atoms with E-state index >= 15 is 0 Å². The maximum atomic E-state index is 11.7. The highest BCUT2D eigenvalue weighted by molar-refractivity contribution is 6.30. The number of methoxy groups -OCH3 is 1. The number of carbonyl (C=O) groups is 2. The molecule has 1 saturated carbocycles. The van der Waals surface area contributed by atoms with Gasteiger partial charge in [-0.25, -0.2) is 0 Å². The van der Waals surface area contributed by atoms with Crippen molar-refractivity contribution >= 4 is 23.5 Å². The summed E-state index contributed by atoms with van der Waals surface area (Å²) >= 11 is 5.88. The summed E-state index contributed by atoms with van der Waals surface area (Å²) in [5.41, 5.74) is 0.760. The van der Waals surface area contributed by atoms with Gasteiger partial charge in [-0.05, 0) is 24.6 Å². The van der Waals surface area contributed by atoms with Gasteiger partial charge in [0.05, 0.1) is 18.9 Å². The molecule has 0 spiro atoms. The first-order valence-corrected chi connectivity index (χ1v) is 6.23. The van der Waals surface area contributed by atoms with Crippen LogP contribution in [0.1, 0.15) is 12.0 Å². The number of hydrogen-bond acceptors (Lipinski definition) is 3. The quantitative estimate of drug-likeness (QED) is 0.862. The SMILES string of the molecule is COc1ccc(Cl)cc1CNC(=O)[C@@H]1C[C@H]1C(=O)O. The third-order valence-corrected chi connectivity index (χ3v) is 3.38. The lowest BCUT2D eigenvalue weighted by Crippen LogP contribution is -2.26. The first-order valence-electron chi connectivity index (χ1n) is 5.86. The smallest absolute Gasteiger partial charge is 0.307 e. The van der Waals surface area contributed by atoms with Crippen molar-refractivity contribution in [2.45, 2.75) is 13.0 Å². The Kier molecular flexibility index (Phi) is 3.95. The third-order valence-electron chi connectivity index (χ3n) is 3.14. The minimum absolute atomic E-state index is 0.241. The van der Waals surface area contributed by atoms with Gasteiger partial charge in [0.25, 0.3) is 0 Å². The Morgan fingerprint density at radius 1 is 1.47 bits per heavy atom. The normalized spacial score (nSPS) is 20.7. The molecular formula is C13H14ClNO4. The van der Waals surface area contributed by atoms with Gasteiger partial charge in [-0.1, -0.05) is 11.6 Å². The summed E-state index contributed by atoms with van der Waals surface area (Å²) in [5.74, 6) is -1.48. The predicted molar refractivity (Wildman–Crippen MR) is 69.1 cm³/mol. The van der Waals surface area contributed by atoms with Gasteiger partial charge >= 0.3 is 5.97 Å². The maximum Gasteiger partial charge on any atom is 0.307 e. The average Bonchev–Trinajstić information content (AvgIpc) is 3.16. The van der Waals surface area contributed by atoms with Crippen LogP contribution in [0.2, 0.25) is 5.02 Å². The van der Waals surface area contributed by atoms with Crippen molar-refractivity contribution in [2.24, 2.45) is 11.8 Å². The van der Waals surface area contributed by atoms with E-state index in [0.29, 0.717) is 17.2 Å². The molecule has 0 aromatic heterocycles. The number of rotatable bonds is 5. The lowest BCUT2D eigenvalue weighted by Gasteiger charge is -2.10. The predicted octanol–water partition coefficient (Wildman–Crippen LogP) is 1.69. The molecule has 0 bridgehead atoms. The number of carboxylic acids is 1. The number of carboxylic acid groups (broad SMARTS) is 1. The van der Waals surface area contributed by atoms with Crippen LogP contribution in [-0.4, -0.2) is 24.1 Å². The van der Waals surface area contributed by atoms with Crippen LogP contribution in [0.4, 0.5) is 0 Å². The molecule has 0 unspecified atom stereocenters. The standard InChI is InChI=1S/C13H14ClNO4/c1-19-11-3-2-8(14)4-7(11)6-15-12(16)9-5-10(9)13(17)18/h2-4,9-10H,5-6H2,1H3,(H,15,16)(H,17,18)/t9-,10-/m1/s1. The van der Waals surface area contributed by atoms with Crippen LogP contribution in [0.25, 0.3) is 0 Å². The van der Waals surface area contributed by atoms with Crippen LogP contribution in [0.15, 0.2) is 18.2 Å². The maximum absolute atomic E-state index is 11.7. The molecule has 1 aromatic rings. The average molecular weight is 284 g/mol. The van der Waals surface area contributed by atoms with Gasteiger partial charge in [-0.15, -0.1) is 0 Å². The van der Waals surface area contributed by atoms with Crippen LogP contribution in [0.5, 0.6) is 5.75 Å². The van der Waals surface area contributed by atoms with E-state index in [1.807, 2.05) is 0 Å². The third kappa shape index (κ3) is 3.17. The number of carbonyl (C=O) groups excluding carboxylic acids is 1. The molecule has 1 aliphatic rings. The Bertz CT molecular complexity index is 517. The Hall–Kier alpha value is -1.75. The summed E-state index contributed by atoms with van der Waals surface area (Å²) < 4.78 is 5.16. The second-order valence-corrected chi connectivity index (χ2v) is 4.90. The molecule has 2 N–H and O–H groups in total. The molecule has 102 valence electrons. The Labute approximate surface area is 115 Å². The molecule has 1 amide bonds. The van der Waals surface area contributed by atoms with E-state index in [1.54, 1.807) is 18.2 Å². The lowest BCUT2D eigenvalue weighted by atomic mass is 10.2. The number of hydrogen-bond donors (Lipinski definition) is 2. The topological polar surface area (TPSA) is 75.6 Å². The summed E-state index contributed by atoms with van der Waals surface area (Å²) in [4.78, 5) is 22.4. The summed E-state index contributed by atoms with van der Waals surface area (Å²) in [6.45, 7) is 0.269. The molecule has 19 heavy (non-hydrogen) atoms. The zero-order chi connectivity index (χ0) is 14.0. The molecule has 1 fully saturated rings. The molecule has 2 rings (SSSR count). The second kappa shape index (κ2) is 5.48. The van der Waals surface area contributed by atoms with Crippen LogP contribution >= 0.6 is 11.6 Å². The van der Waals surface area contributed by atoms with E-state index in [1.165, 1.54) is 7.11 Å². The van der Waals surface area contributed by atoms with E-state index in [0.717, 1.165) is 5.56 Å². The van der Waals surface area contributed by atoms with E-state index < -0.39 is 17.8 Å². The molecular weight excluding hydrogens is 270 g/mol. The second-order valence-electron chi connectivity index (χ2n) is 4.46. The number of ether oxygens (including phenoxy) is 1. The van der Waals surface area contributed by atoms with Crippen molar-refractivity contribution in [3.63, 3.8) is 0 Å². The molecule has 0 radical (unpaired) electrons. The van der Waals surface area contributed by atoms with Gasteiger partial charge in [0, 0.05) is 17.1 Å². The molecule has 2 atom stereocenters. The van der Waals surface area contributed by atoms with Crippen molar-refractivity contribution < 1.29 is 19.4 Å². The molecule has 1 aliphatic carbocycles. The number of aliphatic carboxylic acids is 1. The minimum Gasteiger partial charge on any atom is -0.496 e. The fraction of sp³-hybridized carbons (Fsp3) is 0.385. The highest BCUT2D eigenvalue weighted by atomic mass is 35.5. The van der Waals surface area contributed by atoms with Crippen molar-refractivity contribution in [1.82, 2.24) is 5.32 Å². The minimum atomic E-state index is -0.916. The van der Waals surface area contributed by atoms with Crippen molar-refractivity contribution in [3.8, 4) is 5.75 Å². The van der Waals surface area contributed by atoms with Crippen molar-refractivity contribution in [1.29, 1.82) is 0 Å². The first-order chi connectivity index (χ1) is 9.02. The van der Waals surface area contributed by atoms with Gasteiger partial charge < -0.3 is 15.2 Å². The van der Waals surface area contributed by atoms with Gasteiger partial charge in [0.15, 0.2) is 0 Å². The van der Waals surface area contributed by atoms with E-state index in [-0.39, 0.29) is 12.5 Å². The zero-order valence-electron chi connectivity index (χ0n) is 10.4. The van der Waals surface area contributed by atoms with Crippen LogP contribution < -0.4 is 10.1 Å². The molecule has 5 nitrogen and oxygen atoms in total. The fourth-order valence-corrected chi connectivity index (χ4v) is 2.15. The van der Waals surface area contributed by atoms with Crippen LogP contribution in [-0.2, 0) is 16.1 Å². The molecule has 0 aliphatic heterocycles. The highest BCUT2D eigenvalue weighted by Gasteiger charge is 2.48. The number of halogens is 1. The lowest BCUT2D eigenvalue weighted by molar-refractivity contribution is -0.140. The number of nitrogens with one attached hydrogen (secondary N) is 1. The fourth-order valence-electron chi connectivity index (χ4n) is 1.96. The Morgan fingerprint density at radius 2 is 2.21 bits per heavy atom. The summed E-state index contributed by atoms with van der Waals surface area (Å²) in [6.07, 6.45) is 0.411. The van der Waals surface area contributed by atoms with Crippen molar-refractivity contribution in [2.75, 3.05) is 7.11 Å². The van der Waals surface area contributed by atoms with Gasteiger partial charge in [0.2, 0.25) is 5.91 Å². The molecule has 0 heterocycles. The zero-order valence-corrected chi connectivity index (χ0v) is 11.1. The Morgan fingerprint density at radius 3 is 2.79 bits per heavy atom. The summed E-state index contributed by atoms with van der Waals surface area (Å²) in [5, 5.41) is 12.0. The molecule has 6 heteroatoms. The monoisotopic (exact) mass is 283 g/mol. The summed E-state index contributed by atoms with van der Waals surface area (Å²) in [7, 11) is 1.54. The van der Waals surface area contributed by atoms with Crippen molar-refractivity contribution in [3.05, 3.63) is 28.8 Å².